The molecule has 0 aliphatic carbocycles. The van der Waals surface area contributed by atoms with E-state index < -0.39 is 9.84 Å². The van der Waals surface area contributed by atoms with Gasteiger partial charge in [0.05, 0.1) is 31.4 Å². The number of nitrogens with one attached hydrogen (secondary N) is 1. The summed E-state index contributed by atoms with van der Waals surface area (Å²) in [5, 5.41) is 6.80. The van der Waals surface area contributed by atoms with Gasteiger partial charge in [0.25, 0.3) is 0 Å². The van der Waals surface area contributed by atoms with Crippen molar-refractivity contribution in [3.63, 3.8) is 0 Å². The lowest BCUT2D eigenvalue weighted by atomic mass is 10.1. The predicted octanol–water partition coefficient (Wildman–Crippen LogP) is 3.57. The topological polar surface area (TPSA) is 90.5 Å². The number of sulfone groups is 1. The standard InChI is InChI=1S/C21H22N2O5S/c1-26-17-10-9-16(12-18(17)28-20-8-5-11-27-20)21-19(13-22-23-21)29(24,25)14-15-6-3-2-4-7-15/h2-4,6-7,9-10,12-13,20H,5,8,11,14H2,1H3,(H,22,23). The molecule has 0 saturated carbocycles. The van der Waals surface area contributed by atoms with Crippen LogP contribution in [0.3, 0.4) is 0 Å². The Morgan fingerprint density at radius 2 is 2.00 bits per heavy atom. The minimum Gasteiger partial charge on any atom is -0.493 e. The van der Waals surface area contributed by atoms with Gasteiger partial charge in [0.15, 0.2) is 27.6 Å². The first-order chi connectivity index (χ1) is 14.1. The van der Waals surface area contributed by atoms with Crippen molar-refractivity contribution >= 4 is 9.84 Å². The highest BCUT2D eigenvalue weighted by atomic mass is 32.2. The smallest absolute Gasteiger partial charge is 0.200 e. The van der Waals surface area contributed by atoms with Crippen LogP contribution >= 0.6 is 0 Å². The number of hydrogen-bond acceptors (Lipinski definition) is 6. The summed E-state index contributed by atoms with van der Waals surface area (Å²) in [5.41, 5.74) is 1.78. The Labute approximate surface area is 169 Å². The van der Waals surface area contributed by atoms with Crippen LogP contribution in [0.4, 0.5) is 0 Å². The molecule has 0 radical (unpaired) electrons. The highest BCUT2D eigenvalue weighted by Gasteiger charge is 2.24. The quantitative estimate of drug-likeness (QED) is 0.636. The van der Waals surface area contributed by atoms with Gasteiger partial charge in [-0.2, -0.15) is 5.10 Å². The Bertz CT molecular complexity index is 1070. The molecule has 152 valence electrons. The second kappa shape index (κ2) is 8.26. The maximum absolute atomic E-state index is 13.0. The van der Waals surface area contributed by atoms with Crippen molar-refractivity contribution in [2.24, 2.45) is 0 Å². The second-order valence-corrected chi connectivity index (χ2v) is 8.74. The number of methoxy groups -OCH3 is 1. The number of rotatable bonds is 7. The molecule has 1 atom stereocenters. The molecule has 1 N–H and O–H groups in total. The van der Waals surface area contributed by atoms with Gasteiger partial charge in [-0.05, 0) is 30.2 Å². The van der Waals surface area contributed by atoms with Crippen molar-refractivity contribution in [3.05, 3.63) is 60.3 Å². The van der Waals surface area contributed by atoms with Gasteiger partial charge in [-0.3, -0.25) is 5.10 Å². The van der Waals surface area contributed by atoms with Crippen molar-refractivity contribution in [1.29, 1.82) is 0 Å². The SMILES string of the molecule is COc1ccc(-c2[nH]ncc2S(=O)(=O)Cc2ccccc2)cc1OC1CCCO1. The Morgan fingerprint density at radius 1 is 1.17 bits per heavy atom. The largest absolute Gasteiger partial charge is 0.493 e. The molecular formula is C21H22N2O5S. The van der Waals surface area contributed by atoms with Crippen molar-refractivity contribution in [1.82, 2.24) is 10.2 Å². The average molecular weight is 414 g/mol. The van der Waals surface area contributed by atoms with Gasteiger partial charge >= 0.3 is 0 Å². The fourth-order valence-corrected chi connectivity index (χ4v) is 4.77. The summed E-state index contributed by atoms with van der Waals surface area (Å²) in [6, 6.07) is 14.3. The molecule has 4 rings (SSSR count). The van der Waals surface area contributed by atoms with Gasteiger partial charge < -0.3 is 14.2 Å². The minimum atomic E-state index is -3.59. The normalized spacial score (nSPS) is 16.7. The summed E-state index contributed by atoms with van der Waals surface area (Å²) < 4.78 is 42.9. The maximum atomic E-state index is 13.0. The second-order valence-electron chi connectivity index (χ2n) is 6.78. The number of benzene rings is 2. The molecule has 0 bridgehead atoms. The number of nitrogens with zero attached hydrogens (tertiary/aromatic N) is 1. The van der Waals surface area contributed by atoms with Crippen molar-refractivity contribution in [2.45, 2.75) is 29.8 Å². The van der Waals surface area contributed by atoms with Crippen LogP contribution in [-0.2, 0) is 20.3 Å². The number of hydrogen-bond donors (Lipinski definition) is 1. The summed E-state index contributed by atoms with van der Waals surface area (Å²) in [7, 11) is -2.03. The molecule has 3 aromatic rings. The van der Waals surface area contributed by atoms with Crippen LogP contribution in [0, 0.1) is 0 Å². The van der Waals surface area contributed by atoms with Crippen LogP contribution < -0.4 is 9.47 Å². The molecule has 1 fully saturated rings. The first-order valence-electron chi connectivity index (χ1n) is 9.33. The fourth-order valence-electron chi connectivity index (χ4n) is 3.30. The van der Waals surface area contributed by atoms with E-state index in [0.29, 0.717) is 29.4 Å². The number of aromatic amines is 1. The molecule has 1 unspecified atom stereocenters. The van der Waals surface area contributed by atoms with Crippen LogP contribution in [0.2, 0.25) is 0 Å². The summed E-state index contributed by atoms with van der Waals surface area (Å²) in [6.45, 7) is 0.662. The summed E-state index contributed by atoms with van der Waals surface area (Å²) in [4.78, 5) is 0.148. The molecule has 2 aromatic carbocycles. The summed E-state index contributed by atoms with van der Waals surface area (Å²) in [6.07, 6.45) is 2.75. The van der Waals surface area contributed by atoms with E-state index in [1.54, 1.807) is 37.4 Å². The summed E-state index contributed by atoms with van der Waals surface area (Å²) in [5.74, 6) is 0.950. The number of aromatic nitrogens is 2. The monoisotopic (exact) mass is 414 g/mol. The fraction of sp³-hybridized carbons (Fsp3) is 0.286. The number of H-pyrrole nitrogens is 1. The molecule has 29 heavy (non-hydrogen) atoms. The Hall–Kier alpha value is -2.84. The van der Waals surface area contributed by atoms with Crippen LogP contribution in [0.5, 0.6) is 11.5 Å². The zero-order valence-corrected chi connectivity index (χ0v) is 16.8. The lowest BCUT2D eigenvalue weighted by molar-refractivity contribution is -0.0402. The first kappa shape index (κ1) is 19.5. The van der Waals surface area contributed by atoms with Crippen molar-refractivity contribution < 1.29 is 22.6 Å². The minimum absolute atomic E-state index is 0.101. The zero-order valence-electron chi connectivity index (χ0n) is 16.0. The van der Waals surface area contributed by atoms with E-state index >= 15 is 0 Å². The molecule has 1 aliphatic rings. The van der Waals surface area contributed by atoms with Gasteiger partial charge in [-0.1, -0.05) is 30.3 Å². The van der Waals surface area contributed by atoms with Crippen LogP contribution in [0.25, 0.3) is 11.3 Å². The summed E-state index contributed by atoms with van der Waals surface area (Å²) >= 11 is 0. The van der Waals surface area contributed by atoms with E-state index in [0.717, 1.165) is 18.4 Å². The highest BCUT2D eigenvalue weighted by molar-refractivity contribution is 7.90. The average Bonchev–Trinajstić information content (AvgIpc) is 3.41. The molecule has 2 heterocycles. The Morgan fingerprint density at radius 3 is 2.72 bits per heavy atom. The molecule has 0 amide bonds. The van der Waals surface area contributed by atoms with E-state index in [2.05, 4.69) is 10.2 Å². The van der Waals surface area contributed by atoms with Gasteiger partial charge in [0.2, 0.25) is 0 Å². The van der Waals surface area contributed by atoms with E-state index in [4.69, 9.17) is 14.2 Å². The van der Waals surface area contributed by atoms with Crippen molar-refractivity contribution in [2.75, 3.05) is 13.7 Å². The molecule has 0 spiro atoms. The maximum Gasteiger partial charge on any atom is 0.200 e. The van der Waals surface area contributed by atoms with E-state index in [9.17, 15) is 8.42 Å². The van der Waals surface area contributed by atoms with Crippen molar-refractivity contribution in [3.8, 4) is 22.8 Å². The van der Waals surface area contributed by atoms with Gasteiger partial charge in [-0.15, -0.1) is 0 Å². The van der Waals surface area contributed by atoms with Crippen LogP contribution in [0.15, 0.2) is 59.6 Å². The van der Waals surface area contributed by atoms with E-state index in [1.807, 2.05) is 18.2 Å². The molecule has 7 nitrogen and oxygen atoms in total. The molecule has 1 aromatic heterocycles. The van der Waals surface area contributed by atoms with Crippen LogP contribution in [-0.4, -0.2) is 38.6 Å². The third kappa shape index (κ3) is 4.28. The Kier molecular flexibility index (Phi) is 5.55. The van der Waals surface area contributed by atoms with Gasteiger partial charge in [-0.25, -0.2) is 8.42 Å². The van der Waals surface area contributed by atoms with E-state index in [-0.39, 0.29) is 16.9 Å². The molecule has 8 heteroatoms. The van der Waals surface area contributed by atoms with Gasteiger partial charge in [0.1, 0.15) is 4.90 Å². The molecular weight excluding hydrogens is 392 g/mol. The lowest BCUT2D eigenvalue weighted by Gasteiger charge is -2.16. The highest BCUT2D eigenvalue weighted by Crippen LogP contribution is 2.36. The van der Waals surface area contributed by atoms with Gasteiger partial charge in [0, 0.05) is 12.0 Å². The van der Waals surface area contributed by atoms with Crippen LogP contribution in [0.1, 0.15) is 18.4 Å². The zero-order chi connectivity index (χ0) is 20.3. The Balaban J connectivity index is 1.66. The molecule has 1 saturated heterocycles. The van der Waals surface area contributed by atoms with E-state index in [1.165, 1.54) is 6.20 Å². The molecule has 1 aliphatic heterocycles. The first-order valence-corrected chi connectivity index (χ1v) is 11.0. The lowest BCUT2D eigenvalue weighted by Crippen LogP contribution is -2.14. The third-order valence-corrected chi connectivity index (χ3v) is 6.43. The third-order valence-electron chi connectivity index (χ3n) is 4.74. The predicted molar refractivity (Wildman–Crippen MR) is 108 cm³/mol. The number of ether oxygens (including phenoxy) is 3.